The first-order valence-corrected chi connectivity index (χ1v) is 10.4. The van der Waals surface area contributed by atoms with Gasteiger partial charge in [0.15, 0.2) is 5.16 Å². The largest absolute Gasteiger partial charge is 0.495 e. The van der Waals surface area contributed by atoms with Gasteiger partial charge in [0, 0.05) is 0 Å². The van der Waals surface area contributed by atoms with Gasteiger partial charge in [-0.25, -0.2) is 9.37 Å². The molecule has 1 aromatic heterocycles. The van der Waals surface area contributed by atoms with Crippen LogP contribution in [0.3, 0.4) is 0 Å². The number of methoxy groups -OCH3 is 1. The van der Waals surface area contributed by atoms with E-state index in [9.17, 15) is 14.0 Å². The molecule has 1 N–H and O–H groups in total. The second-order valence-electron chi connectivity index (χ2n) is 6.57. The Morgan fingerprint density at radius 1 is 1.06 bits per heavy atom. The van der Waals surface area contributed by atoms with E-state index in [2.05, 4.69) is 10.3 Å². The molecule has 0 fully saturated rings. The molecule has 0 atom stereocenters. The van der Waals surface area contributed by atoms with Gasteiger partial charge in [-0.3, -0.25) is 14.2 Å². The van der Waals surface area contributed by atoms with Crippen molar-refractivity contribution >= 4 is 34.3 Å². The number of carbonyl (C=O) groups excluding carboxylic acids is 1. The summed E-state index contributed by atoms with van der Waals surface area (Å²) in [6.45, 7) is 0. The van der Waals surface area contributed by atoms with Gasteiger partial charge in [0.25, 0.3) is 5.56 Å². The van der Waals surface area contributed by atoms with Crippen LogP contribution >= 0.6 is 11.8 Å². The van der Waals surface area contributed by atoms with Crippen LogP contribution in [-0.2, 0) is 4.79 Å². The summed E-state index contributed by atoms with van der Waals surface area (Å²) >= 11 is 1.12. The van der Waals surface area contributed by atoms with E-state index in [-0.39, 0.29) is 17.2 Å². The van der Waals surface area contributed by atoms with E-state index < -0.39 is 5.82 Å². The summed E-state index contributed by atoms with van der Waals surface area (Å²) in [7, 11) is 1.53. The molecule has 8 heteroatoms. The van der Waals surface area contributed by atoms with Crippen LogP contribution in [0.25, 0.3) is 16.6 Å². The molecule has 1 heterocycles. The predicted octanol–water partition coefficient (Wildman–Crippen LogP) is 4.26. The third-order valence-corrected chi connectivity index (χ3v) is 5.48. The highest BCUT2D eigenvalue weighted by molar-refractivity contribution is 7.99. The van der Waals surface area contributed by atoms with Gasteiger partial charge in [-0.15, -0.1) is 0 Å². The van der Waals surface area contributed by atoms with Crippen LogP contribution in [0.4, 0.5) is 10.1 Å². The van der Waals surface area contributed by atoms with Crippen LogP contribution in [0.2, 0.25) is 0 Å². The number of carbonyl (C=O) groups is 1. The zero-order chi connectivity index (χ0) is 21.8. The second-order valence-corrected chi connectivity index (χ2v) is 7.51. The van der Waals surface area contributed by atoms with Gasteiger partial charge in [-0.2, -0.15) is 0 Å². The molecule has 0 spiro atoms. The summed E-state index contributed by atoms with van der Waals surface area (Å²) < 4.78 is 20.0. The number of hydrogen-bond donors (Lipinski definition) is 1. The first kappa shape index (κ1) is 20.6. The lowest BCUT2D eigenvalue weighted by atomic mass is 10.2. The maximum atomic E-state index is 13.4. The smallest absolute Gasteiger partial charge is 0.266 e. The Balaban J connectivity index is 1.66. The fourth-order valence-corrected chi connectivity index (χ4v) is 3.90. The number of fused-ring (bicyclic) bond motifs is 1. The van der Waals surface area contributed by atoms with Crippen molar-refractivity contribution in [2.75, 3.05) is 18.2 Å². The number of nitrogens with one attached hydrogen (secondary N) is 1. The number of amides is 1. The molecule has 156 valence electrons. The Bertz CT molecular complexity index is 1310. The van der Waals surface area contributed by atoms with Crippen molar-refractivity contribution in [3.05, 3.63) is 89.0 Å². The van der Waals surface area contributed by atoms with E-state index >= 15 is 0 Å². The Morgan fingerprint density at radius 3 is 2.55 bits per heavy atom. The lowest BCUT2D eigenvalue weighted by Gasteiger charge is -2.14. The van der Waals surface area contributed by atoms with Gasteiger partial charge in [0.1, 0.15) is 11.6 Å². The molecule has 6 nitrogen and oxygen atoms in total. The van der Waals surface area contributed by atoms with Crippen LogP contribution in [0, 0.1) is 5.82 Å². The zero-order valence-corrected chi connectivity index (χ0v) is 17.4. The third-order valence-electron chi connectivity index (χ3n) is 4.54. The quantitative estimate of drug-likeness (QED) is 0.362. The van der Waals surface area contributed by atoms with E-state index in [1.807, 2.05) is 6.07 Å². The van der Waals surface area contributed by atoms with Crippen molar-refractivity contribution < 1.29 is 13.9 Å². The maximum absolute atomic E-state index is 13.4. The summed E-state index contributed by atoms with van der Waals surface area (Å²) in [4.78, 5) is 30.3. The summed E-state index contributed by atoms with van der Waals surface area (Å²) in [5, 5.41) is 3.58. The first-order valence-electron chi connectivity index (χ1n) is 9.40. The minimum atomic E-state index is -0.407. The summed E-state index contributed by atoms with van der Waals surface area (Å²) in [5.41, 5.74) is 1.26. The molecule has 4 rings (SSSR count). The molecule has 0 saturated carbocycles. The van der Waals surface area contributed by atoms with Gasteiger partial charge >= 0.3 is 0 Å². The third kappa shape index (κ3) is 4.44. The van der Waals surface area contributed by atoms with Crippen LogP contribution in [0.1, 0.15) is 0 Å². The molecular formula is C23H18FN3O3S. The fraction of sp³-hybridized carbons (Fsp3) is 0.0870. The molecule has 0 saturated heterocycles. The second kappa shape index (κ2) is 9.01. The number of nitrogens with zero attached hydrogens (tertiary/aromatic N) is 2. The highest BCUT2D eigenvalue weighted by Gasteiger charge is 2.15. The normalized spacial score (nSPS) is 10.8. The molecule has 0 aliphatic carbocycles. The van der Waals surface area contributed by atoms with Crippen LogP contribution in [0.5, 0.6) is 5.75 Å². The van der Waals surface area contributed by atoms with Crippen molar-refractivity contribution in [2.24, 2.45) is 0 Å². The number of benzene rings is 3. The summed E-state index contributed by atoms with van der Waals surface area (Å²) in [6.07, 6.45) is 0. The highest BCUT2D eigenvalue weighted by Crippen LogP contribution is 2.25. The van der Waals surface area contributed by atoms with Crippen LogP contribution in [-0.4, -0.2) is 28.3 Å². The first-order chi connectivity index (χ1) is 15.1. The lowest BCUT2D eigenvalue weighted by Crippen LogP contribution is -2.23. The molecule has 1 amide bonds. The Kier molecular flexibility index (Phi) is 5.99. The molecule has 0 aliphatic heterocycles. The van der Waals surface area contributed by atoms with Crippen molar-refractivity contribution in [3.8, 4) is 11.4 Å². The number of halogens is 1. The molecule has 3 aromatic carbocycles. The van der Waals surface area contributed by atoms with Crippen molar-refractivity contribution in [2.45, 2.75) is 5.16 Å². The van der Waals surface area contributed by atoms with Crippen LogP contribution < -0.4 is 15.6 Å². The average Bonchev–Trinajstić information content (AvgIpc) is 2.79. The van der Waals surface area contributed by atoms with Gasteiger partial charge in [-0.1, -0.05) is 36.0 Å². The van der Waals surface area contributed by atoms with Gasteiger partial charge in [0.2, 0.25) is 5.91 Å². The van der Waals surface area contributed by atoms with E-state index in [0.29, 0.717) is 33.2 Å². The number of hydrogen-bond acceptors (Lipinski definition) is 5. The Labute approximate surface area is 181 Å². The number of anilines is 1. The van der Waals surface area contributed by atoms with Gasteiger partial charge in [0.05, 0.1) is 35.1 Å². The Hall–Kier alpha value is -3.65. The van der Waals surface area contributed by atoms with E-state index in [4.69, 9.17) is 4.74 Å². The van der Waals surface area contributed by atoms with Crippen molar-refractivity contribution in [1.29, 1.82) is 0 Å². The van der Waals surface area contributed by atoms with E-state index in [1.54, 1.807) is 42.5 Å². The molecule has 0 bridgehead atoms. The van der Waals surface area contributed by atoms with E-state index in [1.165, 1.54) is 35.9 Å². The number of rotatable bonds is 6. The lowest BCUT2D eigenvalue weighted by molar-refractivity contribution is -0.113. The predicted molar refractivity (Wildman–Crippen MR) is 120 cm³/mol. The van der Waals surface area contributed by atoms with Gasteiger partial charge in [-0.05, 0) is 48.5 Å². The SMILES string of the molecule is COc1ccccc1NC(=O)CSc1nc2ccccc2c(=O)n1-c1ccc(F)cc1. The highest BCUT2D eigenvalue weighted by atomic mass is 32.2. The maximum Gasteiger partial charge on any atom is 0.266 e. The van der Waals surface area contributed by atoms with E-state index in [0.717, 1.165) is 11.8 Å². The molecule has 0 radical (unpaired) electrons. The molecular weight excluding hydrogens is 417 g/mol. The summed E-state index contributed by atoms with van der Waals surface area (Å²) in [5.74, 6) is -0.115. The van der Waals surface area contributed by atoms with Crippen molar-refractivity contribution in [1.82, 2.24) is 9.55 Å². The molecule has 31 heavy (non-hydrogen) atoms. The standard InChI is InChI=1S/C23H18FN3O3S/c1-30-20-9-5-4-8-19(20)25-21(28)14-31-23-26-18-7-3-2-6-17(18)22(29)27(23)16-12-10-15(24)11-13-16/h2-13H,14H2,1H3,(H,25,28). The number of ether oxygens (including phenoxy) is 1. The minimum Gasteiger partial charge on any atom is -0.495 e. The van der Waals surface area contributed by atoms with Crippen LogP contribution in [0.15, 0.2) is 82.7 Å². The fourth-order valence-electron chi connectivity index (χ4n) is 3.09. The number of aromatic nitrogens is 2. The number of para-hydroxylation sites is 3. The molecule has 0 aliphatic rings. The molecule has 0 unspecified atom stereocenters. The number of thioether (sulfide) groups is 1. The average molecular weight is 435 g/mol. The van der Waals surface area contributed by atoms with Gasteiger partial charge < -0.3 is 10.1 Å². The summed E-state index contributed by atoms with van der Waals surface area (Å²) in [6, 6.07) is 19.6. The topological polar surface area (TPSA) is 73.2 Å². The Morgan fingerprint density at radius 2 is 1.77 bits per heavy atom. The monoisotopic (exact) mass is 435 g/mol. The van der Waals surface area contributed by atoms with Crippen molar-refractivity contribution in [3.63, 3.8) is 0 Å². The molecule has 4 aromatic rings. The zero-order valence-electron chi connectivity index (χ0n) is 16.5. The minimum absolute atomic E-state index is 0.0179.